The van der Waals surface area contributed by atoms with Gasteiger partial charge in [0.1, 0.15) is 0 Å². The molecule has 1 fully saturated rings. The van der Waals surface area contributed by atoms with Crippen molar-refractivity contribution in [1.82, 2.24) is 9.88 Å². The van der Waals surface area contributed by atoms with Crippen LogP contribution in [-0.2, 0) is 11.8 Å². The van der Waals surface area contributed by atoms with E-state index in [0.29, 0.717) is 10.1 Å². The highest BCUT2D eigenvalue weighted by Gasteiger charge is 2.24. The summed E-state index contributed by atoms with van der Waals surface area (Å²) in [6.07, 6.45) is 3.97. The summed E-state index contributed by atoms with van der Waals surface area (Å²) in [5.41, 5.74) is 3.00. The highest BCUT2D eigenvalue weighted by molar-refractivity contribution is 8.18. The molecule has 1 aromatic heterocycles. The Kier molecular flexibility index (Phi) is 3.70. The summed E-state index contributed by atoms with van der Waals surface area (Å²) in [5, 5.41) is 4.57. The molecule has 5 heteroatoms. The van der Waals surface area contributed by atoms with Crippen molar-refractivity contribution in [1.29, 1.82) is 0 Å². The number of carbonyl (C=O) groups excluding carboxylic acids is 1. The monoisotopic (exact) mass is 333 g/mol. The molecular weight excluding hydrogens is 318 g/mol. The van der Waals surface area contributed by atoms with Crippen LogP contribution in [0.3, 0.4) is 0 Å². The van der Waals surface area contributed by atoms with E-state index in [2.05, 4.69) is 27.0 Å². The highest BCUT2D eigenvalue weighted by Crippen LogP contribution is 2.30. The van der Waals surface area contributed by atoms with Gasteiger partial charge < -0.3 is 9.88 Å². The van der Waals surface area contributed by atoms with E-state index >= 15 is 0 Å². The number of hydrogen-bond donors (Lipinski definition) is 1. The SMILES string of the molecule is Cn1cc(/C=C2/SC(=Nc3ccccc3)NC2=O)c2ccccc21. The average molecular weight is 333 g/mol. The number of aryl methyl sites for hydroxylation is 1. The third-order valence-electron chi connectivity index (χ3n) is 3.85. The average Bonchev–Trinajstić information content (AvgIpc) is 3.10. The number of rotatable bonds is 2. The quantitative estimate of drug-likeness (QED) is 0.719. The van der Waals surface area contributed by atoms with Crippen LogP contribution in [0.1, 0.15) is 5.56 Å². The topological polar surface area (TPSA) is 46.4 Å². The second-order valence-corrected chi connectivity index (χ2v) is 6.56. The maximum absolute atomic E-state index is 12.2. The van der Waals surface area contributed by atoms with Crippen LogP contribution >= 0.6 is 11.8 Å². The van der Waals surface area contributed by atoms with Crippen molar-refractivity contribution in [2.24, 2.45) is 12.0 Å². The van der Waals surface area contributed by atoms with Gasteiger partial charge in [0.2, 0.25) is 0 Å². The molecule has 2 aromatic carbocycles. The summed E-state index contributed by atoms with van der Waals surface area (Å²) in [6.45, 7) is 0. The van der Waals surface area contributed by atoms with Crippen LogP contribution in [0.25, 0.3) is 17.0 Å². The molecule has 118 valence electrons. The van der Waals surface area contributed by atoms with Crippen molar-refractivity contribution in [2.45, 2.75) is 0 Å². The molecule has 1 aliphatic heterocycles. The fourth-order valence-corrected chi connectivity index (χ4v) is 3.56. The first-order valence-electron chi connectivity index (χ1n) is 7.59. The molecule has 0 bridgehead atoms. The van der Waals surface area contributed by atoms with Gasteiger partial charge in [-0.15, -0.1) is 0 Å². The number of thioether (sulfide) groups is 1. The van der Waals surface area contributed by atoms with E-state index in [4.69, 9.17) is 0 Å². The predicted molar refractivity (Wildman–Crippen MR) is 100 cm³/mol. The number of hydrogen-bond acceptors (Lipinski definition) is 3. The van der Waals surface area contributed by atoms with Gasteiger partial charge in [-0.25, -0.2) is 4.99 Å². The number of fused-ring (bicyclic) bond motifs is 1. The maximum atomic E-state index is 12.2. The van der Waals surface area contributed by atoms with Crippen LogP contribution in [0, 0.1) is 0 Å². The van der Waals surface area contributed by atoms with Crippen molar-refractivity contribution >= 4 is 45.5 Å². The number of aromatic nitrogens is 1. The third kappa shape index (κ3) is 2.74. The molecule has 1 aliphatic rings. The van der Waals surface area contributed by atoms with Crippen molar-refractivity contribution in [2.75, 3.05) is 0 Å². The molecule has 0 saturated carbocycles. The molecule has 1 amide bonds. The lowest BCUT2D eigenvalue weighted by Gasteiger charge is -1.95. The number of nitrogens with zero attached hydrogens (tertiary/aromatic N) is 2. The number of amidine groups is 1. The summed E-state index contributed by atoms with van der Waals surface area (Å²) >= 11 is 1.37. The number of nitrogens with one attached hydrogen (secondary N) is 1. The maximum Gasteiger partial charge on any atom is 0.264 e. The molecule has 1 saturated heterocycles. The molecule has 0 aliphatic carbocycles. The number of benzene rings is 2. The summed E-state index contributed by atoms with van der Waals surface area (Å²) in [7, 11) is 2.01. The van der Waals surface area contributed by atoms with Gasteiger partial charge in [0.05, 0.1) is 10.6 Å². The molecule has 0 unspecified atom stereocenters. The Balaban J connectivity index is 1.68. The lowest BCUT2D eigenvalue weighted by atomic mass is 10.1. The van der Waals surface area contributed by atoms with Gasteiger partial charge in [-0.05, 0) is 36.0 Å². The van der Waals surface area contributed by atoms with Crippen molar-refractivity contribution in [3.05, 3.63) is 71.3 Å². The molecule has 1 N–H and O–H groups in total. The van der Waals surface area contributed by atoms with E-state index in [1.165, 1.54) is 11.8 Å². The minimum atomic E-state index is -0.109. The lowest BCUT2D eigenvalue weighted by Crippen LogP contribution is -2.19. The molecule has 4 rings (SSSR count). The molecule has 4 nitrogen and oxygen atoms in total. The van der Waals surface area contributed by atoms with E-state index in [9.17, 15) is 4.79 Å². The number of carbonyl (C=O) groups is 1. The largest absolute Gasteiger partial charge is 0.350 e. The zero-order valence-electron chi connectivity index (χ0n) is 13.1. The van der Waals surface area contributed by atoms with E-state index in [1.54, 1.807) is 0 Å². The zero-order valence-corrected chi connectivity index (χ0v) is 13.9. The van der Waals surface area contributed by atoms with Gasteiger partial charge in [0, 0.05) is 29.7 Å². The summed E-state index contributed by atoms with van der Waals surface area (Å²) in [5.74, 6) is -0.109. The highest BCUT2D eigenvalue weighted by atomic mass is 32.2. The summed E-state index contributed by atoms with van der Waals surface area (Å²) < 4.78 is 2.07. The number of aliphatic imine (C=N–C) groups is 1. The second kappa shape index (κ2) is 6.02. The minimum Gasteiger partial charge on any atom is -0.350 e. The first kappa shape index (κ1) is 14.8. The van der Waals surface area contributed by atoms with Crippen molar-refractivity contribution < 1.29 is 4.79 Å². The van der Waals surface area contributed by atoms with Gasteiger partial charge in [-0.1, -0.05) is 36.4 Å². The van der Waals surface area contributed by atoms with Gasteiger partial charge in [0.15, 0.2) is 5.17 Å². The lowest BCUT2D eigenvalue weighted by molar-refractivity contribution is -0.115. The van der Waals surface area contributed by atoms with E-state index in [1.807, 2.05) is 61.8 Å². The van der Waals surface area contributed by atoms with Crippen LogP contribution in [-0.4, -0.2) is 15.6 Å². The van der Waals surface area contributed by atoms with E-state index in [0.717, 1.165) is 22.2 Å². The standard InChI is InChI=1S/C19H15N3OS/c1-22-12-13(15-9-5-6-10-16(15)22)11-17-18(23)21-19(24-17)20-14-7-3-2-4-8-14/h2-12H,1H3,(H,20,21,23)/b17-11+. The Labute approximate surface area is 143 Å². The first-order chi connectivity index (χ1) is 11.7. The second-order valence-electron chi connectivity index (χ2n) is 5.53. The Hall–Kier alpha value is -2.79. The van der Waals surface area contributed by atoms with E-state index < -0.39 is 0 Å². The smallest absolute Gasteiger partial charge is 0.264 e. The Morgan fingerprint density at radius 1 is 1.08 bits per heavy atom. The Morgan fingerprint density at radius 3 is 2.67 bits per heavy atom. The first-order valence-corrected chi connectivity index (χ1v) is 8.41. The molecule has 0 radical (unpaired) electrons. The van der Waals surface area contributed by atoms with Gasteiger partial charge in [0.25, 0.3) is 5.91 Å². The summed E-state index contributed by atoms with van der Waals surface area (Å²) in [4.78, 5) is 17.4. The van der Waals surface area contributed by atoms with Crippen molar-refractivity contribution in [3.63, 3.8) is 0 Å². The number of amides is 1. The normalized spacial score (nSPS) is 17.8. The van der Waals surface area contributed by atoms with Gasteiger partial charge in [-0.2, -0.15) is 0 Å². The van der Waals surface area contributed by atoms with Gasteiger partial charge in [-0.3, -0.25) is 4.79 Å². The molecule has 24 heavy (non-hydrogen) atoms. The molecule has 3 aromatic rings. The van der Waals surface area contributed by atoms with Gasteiger partial charge >= 0.3 is 0 Å². The van der Waals surface area contributed by atoms with Crippen LogP contribution < -0.4 is 5.32 Å². The fraction of sp³-hybridized carbons (Fsp3) is 0.0526. The Morgan fingerprint density at radius 2 is 1.83 bits per heavy atom. The predicted octanol–water partition coefficient (Wildman–Crippen LogP) is 4.07. The van der Waals surface area contributed by atoms with Crippen molar-refractivity contribution in [3.8, 4) is 0 Å². The van der Waals surface area contributed by atoms with E-state index in [-0.39, 0.29) is 5.91 Å². The minimum absolute atomic E-state index is 0.109. The van der Waals surface area contributed by atoms with Crippen LogP contribution in [0.5, 0.6) is 0 Å². The Bertz CT molecular complexity index is 986. The van der Waals surface area contributed by atoms with Crippen LogP contribution in [0.15, 0.2) is 70.7 Å². The number of para-hydroxylation sites is 2. The molecule has 0 spiro atoms. The molecule has 2 heterocycles. The molecular formula is C19H15N3OS. The third-order valence-corrected chi connectivity index (χ3v) is 4.76. The van der Waals surface area contributed by atoms with Crippen LogP contribution in [0.4, 0.5) is 5.69 Å². The molecule has 0 atom stereocenters. The summed E-state index contributed by atoms with van der Waals surface area (Å²) in [6, 6.07) is 17.8. The van der Waals surface area contributed by atoms with Crippen LogP contribution in [0.2, 0.25) is 0 Å². The zero-order chi connectivity index (χ0) is 16.5. The fourth-order valence-electron chi connectivity index (χ4n) is 2.73.